The van der Waals surface area contributed by atoms with Crippen molar-refractivity contribution in [3.8, 4) is 0 Å². The molecule has 2 atom stereocenters. The Bertz CT molecular complexity index is 292. The van der Waals surface area contributed by atoms with Crippen LogP contribution in [0.5, 0.6) is 0 Å². The molecule has 5 heteroatoms. The third-order valence-electron chi connectivity index (χ3n) is 4.78. The number of hydrogen-bond donors (Lipinski definition) is 1. The van der Waals surface area contributed by atoms with Gasteiger partial charge in [-0.3, -0.25) is 4.79 Å². The predicted molar refractivity (Wildman–Crippen MR) is 60.4 cm³/mol. The summed E-state index contributed by atoms with van der Waals surface area (Å²) in [6.45, 7) is 4.49. The first kappa shape index (κ1) is 12.4. The van der Waals surface area contributed by atoms with Crippen LogP contribution in [0, 0.1) is 16.7 Å². The molecular weight excluding hydrogens is 228 g/mol. The first-order chi connectivity index (χ1) is 7.52. The van der Waals surface area contributed by atoms with Crippen molar-refractivity contribution in [1.82, 2.24) is 0 Å². The molecule has 16 heavy (non-hydrogen) atoms. The topological polar surface area (TPSA) is 55.8 Å². The van der Waals surface area contributed by atoms with E-state index in [1.165, 1.54) is 0 Å². The number of rotatable bonds is 4. The van der Waals surface area contributed by atoms with E-state index in [9.17, 15) is 4.79 Å². The molecule has 0 radical (unpaired) electrons. The van der Waals surface area contributed by atoms with Crippen LogP contribution in [0.1, 0.15) is 39.5 Å². The Balaban J connectivity index is 2.12. The molecule has 2 unspecified atom stereocenters. The second-order valence-electron chi connectivity index (χ2n) is 5.56. The zero-order valence-electron chi connectivity index (χ0n) is 9.69. The van der Waals surface area contributed by atoms with Crippen LogP contribution in [0.3, 0.4) is 0 Å². The van der Waals surface area contributed by atoms with Crippen LogP contribution in [0.15, 0.2) is 0 Å². The van der Waals surface area contributed by atoms with Gasteiger partial charge in [-0.2, -0.15) is 0 Å². The Kier molecular flexibility index (Phi) is 3.32. The maximum Gasteiger partial charge on any atom is 0.133 e. The molecular formula is C11H18O4S. The number of carbonyl (C=O) groups is 1. The van der Waals surface area contributed by atoms with E-state index >= 15 is 0 Å². The number of fused-ring (bicyclic) bond motifs is 2. The summed E-state index contributed by atoms with van der Waals surface area (Å²) >= 11 is 1.09. The molecule has 2 fully saturated rings. The number of Topliss-reactive ketones (excluding diaryl/α,β-unsaturated/α-hetero) is 1. The van der Waals surface area contributed by atoms with Crippen molar-refractivity contribution >= 4 is 17.8 Å². The minimum Gasteiger partial charge on any atom is -0.300 e. The highest BCUT2D eigenvalue weighted by atomic mass is 32.2. The lowest BCUT2D eigenvalue weighted by molar-refractivity contribution is -0.432. The quantitative estimate of drug-likeness (QED) is 0.358. The van der Waals surface area contributed by atoms with Gasteiger partial charge in [0, 0.05) is 30.6 Å². The molecule has 0 aromatic heterocycles. The molecule has 0 spiro atoms. The molecule has 2 bridgehead atoms. The SMILES string of the molecule is CC1(C)C2CCC1(CSOOO)CC(=O)C2. The lowest BCUT2D eigenvalue weighted by atomic mass is 9.59. The van der Waals surface area contributed by atoms with Gasteiger partial charge in [-0.05, 0) is 29.6 Å². The van der Waals surface area contributed by atoms with E-state index in [2.05, 4.69) is 23.2 Å². The molecule has 0 aliphatic heterocycles. The molecule has 2 aliphatic carbocycles. The van der Waals surface area contributed by atoms with Gasteiger partial charge in [-0.1, -0.05) is 18.9 Å². The van der Waals surface area contributed by atoms with Gasteiger partial charge in [0.05, 0.1) is 0 Å². The summed E-state index contributed by atoms with van der Waals surface area (Å²) in [5.74, 6) is 1.57. The molecule has 0 heterocycles. The van der Waals surface area contributed by atoms with Gasteiger partial charge in [0.2, 0.25) is 0 Å². The largest absolute Gasteiger partial charge is 0.300 e. The summed E-state index contributed by atoms with van der Waals surface area (Å²) in [6, 6.07) is 0. The van der Waals surface area contributed by atoms with Crippen LogP contribution < -0.4 is 0 Å². The van der Waals surface area contributed by atoms with E-state index in [0.717, 1.165) is 31.3 Å². The average Bonchev–Trinajstić information content (AvgIpc) is 2.38. The average molecular weight is 246 g/mol. The van der Waals surface area contributed by atoms with Gasteiger partial charge in [0.15, 0.2) is 0 Å². The standard InChI is InChI=1S/C11H18O4S/c1-10(2)8-3-4-11(10,6-9(12)5-8)7-16-15-14-13/h8,13H,3-7H2,1-2H3. The highest BCUT2D eigenvalue weighted by Gasteiger charge is 2.58. The first-order valence-electron chi connectivity index (χ1n) is 5.63. The smallest absolute Gasteiger partial charge is 0.133 e. The maximum atomic E-state index is 11.7. The van der Waals surface area contributed by atoms with E-state index in [1.54, 1.807) is 0 Å². The van der Waals surface area contributed by atoms with E-state index in [0.29, 0.717) is 23.9 Å². The molecule has 0 saturated heterocycles. The van der Waals surface area contributed by atoms with Crippen LogP contribution in [0.25, 0.3) is 0 Å². The zero-order valence-corrected chi connectivity index (χ0v) is 10.5. The minimum atomic E-state index is 0.0101. The lowest BCUT2D eigenvalue weighted by Gasteiger charge is -2.47. The Hall–Kier alpha value is -0.100. The van der Waals surface area contributed by atoms with Crippen LogP contribution in [0.2, 0.25) is 0 Å². The summed E-state index contributed by atoms with van der Waals surface area (Å²) in [6.07, 6.45) is 3.56. The lowest BCUT2D eigenvalue weighted by Crippen LogP contribution is -2.44. The summed E-state index contributed by atoms with van der Waals surface area (Å²) < 4.78 is 4.47. The molecule has 0 amide bonds. The van der Waals surface area contributed by atoms with E-state index < -0.39 is 0 Å². The Morgan fingerprint density at radius 1 is 1.56 bits per heavy atom. The van der Waals surface area contributed by atoms with Crippen molar-refractivity contribution in [3.05, 3.63) is 0 Å². The summed E-state index contributed by atoms with van der Waals surface area (Å²) in [5.41, 5.74) is 0.183. The zero-order chi connectivity index (χ0) is 11.8. The maximum absolute atomic E-state index is 11.7. The van der Waals surface area contributed by atoms with Gasteiger partial charge in [0.25, 0.3) is 0 Å². The molecule has 2 saturated carbocycles. The predicted octanol–water partition coefficient (Wildman–Crippen LogP) is 2.84. The molecule has 2 aliphatic rings. The van der Waals surface area contributed by atoms with E-state index in [4.69, 9.17) is 5.26 Å². The minimum absolute atomic E-state index is 0.0101. The normalized spacial score (nSPS) is 36.7. The van der Waals surface area contributed by atoms with Crippen LogP contribution in [-0.4, -0.2) is 16.8 Å². The summed E-state index contributed by atoms with van der Waals surface area (Å²) in [5, 5.41) is 11.7. The van der Waals surface area contributed by atoms with Crippen molar-refractivity contribution in [3.63, 3.8) is 0 Å². The van der Waals surface area contributed by atoms with Gasteiger partial charge in [-0.25, -0.2) is 5.26 Å². The van der Waals surface area contributed by atoms with Gasteiger partial charge in [0.1, 0.15) is 5.78 Å². The fourth-order valence-corrected chi connectivity index (χ4v) is 4.37. The second-order valence-corrected chi connectivity index (χ2v) is 6.22. The van der Waals surface area contributed by atoms with Crippen LogP contribution >= 0.6 is 12.0 Å². The monoisotopic (exact) mass is 246 g/mol. The van der Waals surface area contributed by atoms with Crippen molar-refractivity contribution in [2.24, 2.45) is 16.7 Å². The molecule has 2 rings (SSSR count). The summed E-state index contributed by atoms with van der Waals surface area (Å²) in [7, 11) is 0. The highest BCUT2D eigenvalue weighted by Crippen LogP contribution is 2.63. The molecule has 1 N–H and O–H groups in total. The summed E-state index contributed by atoms with van der Waals surface area (Å²) in [4.78, 5) is 11.7. The number of hydrogen-bond acceptors (Lipinski definition) is 5. The van der Waals surface area contributed by atoms with Crippen molar-refractivity contribution in [2.75, 3.05) is 5.75 Å². The van der Waals surface area contributed by atoms with Gasteiger partial charge in [-0.15, -0.1) is 4.33 Å². The fourth-order valence-electron chi connectivity index (χ4n) is 3.43. The second kappa shape index (κ2) is 4.29. The Morgan fingerprint density at radius 2 is 2.31 bits per heavy atom. The highest BCUT2D eigenvalue weighted by molar-refractivity contribution is 7.94. The third kappa shape index (κ3) is 1.79. The van der Waals surface area contributed by atoms with Crippen LogP contribution in [0.4, 0.5) is 0 Å². The Labute approximate surface area is 99.8 Å². The number of ketones is 1. The van der Waals surface area contributed by atoms with Crippen LogP contribution in [-0.2, 0) is 14.2 Å². The fraction of sp³-hybridized carbons (Fsp3) is 0.909. The van der Waals surface area contributed by atoms with Crippen molar-refractivity contribution < 1.29 is 19.4 Å². The van der Waals surface area contributed by atoms with Gasteiger partial charge >= 0.3 is 0 Å². The molecule has 92 valence electrons. The van der Waals surface area contributed by atoms with E-state index in [1.807, 2.05) is 0 Å². The first-order valence-corrected chi connectivity index (χ1v) is 6.54. The Morgan fingerprint density at radius 3 is 3.00 bits per heavy atom. The van der Waals surface area contributed by atoms with E-state index in [-0.39, 0.29) is 10.8 Å². The molecule has 0 aromatic carbocycles. The van der Waals surface area contributed by atoms with Crippen molar-refractivity contribution in [2.45, 2.75) is 39.5 Å². The van der Waals surface area contributed by atoms with Gasteiger partial charge < -0.3 is 0 Å². The molecule has 4 nitrogen and oxygen atoms in total. The number of carbonyl (C=O) groups excluding carboxylic acids is 1. The molecule has 0 aromatic rings. The van der Waals surface area contributed by atoms with Crippen molar-refractivity contribution in [1.29, 1.82) is 0 Å². The third-order valence-corrected chi connectivity index (χ3v) is 5.61.